The molecular formula is C5H9BrO. The maximum Gasteiger partial charge on any atom is 0.0693 e. The lowest BCUT2D eigenvalue weighted by Gasteiger charge is -1.88. The Morgan fingerprint density at radius 3 is 2.57 bits per heavy atom. The van der Waals surface area contributed by atoms with Crippen LogP contribution in [-0.4, -0.2) is 16.5 Å². The van der Waals surface area contributed by atoms with Crippen molar-refractivity contribution < 1.29 is 5.11 Å². The molecule has 0 saturated carbocycles. The zero-order valence-electron chi connectivity index (χ0n) is 4.26. The third-order valence-electron chi connectivity index (χ3n) is 0.504. The third-order valence-corrected chi connectivity index (χ3v) is 0.878. The number of hydrogen-bond donors (Lipinski definition) is 1. The molecule has 0 aliphatic heterocycles. The zero-order valence-corrected chi connectivity index (χ0v) is 5.85. The second kappa shape index (κ2) is 4.34. The summed E-state index contributed by atoms with van der Waals surface area (Å²) in [5.74, 6) is 0. The van der Waals surface area contributed by atoms with Crippen LogP contribution in [0.25, 0.3) is 0 Å². The van der Waals surface area contributed by atoms with Gasteiger partial charge in [0, 0.05) is 5.33 Å². The van der Waals surface area contributed by atoms with Gasteiger partial charge in [-0.05, 0) is 6.92 Å². The van der Waals surface area contributed by atoms with Crippen molar-refractivity contribution in [2.75, 3.05) is 5.33 Å². The second-order valence-electron chi connectivity index (χ2n) is 1.32. The molecule has 1 nitrogen and oxygen atoms in total. The first-order valence-electron chi connectivity index (χ1n) is 2.18. The number of alkyl halides is 1. The van der Waals surface area contributed by atoms with Gasteiger partial charge in [0.25, 0.3) is 0 Å². The van der Waals surface area contributed by atoms with Crippen LogP contribution in [-0.2, 0) is 0 Å². The molecule has 1 unspecified atom stereocenters. The van der Waals surface area contributed by atoms with E-state index in [0.29, 0.717) is 0 Å². The van der Waals surface area contributed by atoms with Gasteiger partial charge in [0.15, 0.2) is 0 Å². The van der Waals surface area contributed by atoms with E-state index in [1.54, 1.807) is 13.0 Å². The highest BCUT2D eigenvalue weighted by Crippen LogP contribution is 1.85. The first-order valence-corrected chi connectivity index (χ1v) is 3.30. The first kappa shape index (κ1) is 7.18. The predicted octanol–water partition coefficient (Wildman–Crippen LogP) is 1.32. The van der Waals surface area contributed by atoms with E-state index in [-0.39, 0.29) is 6.10 Å². The molecule has 0 aliphatic carbocycles. The number of allylic oxidation sites excluding steroid dienone is 1. The monoisotopic (exact) mass is 164 g/mol. The van der Waals surface area contributed by atoms with Crippen LogP contribution in [0.5, 0.6) is 0 Å². The van der Waals surface area contributed by atoms with Gasteiger partial charge in [0.05, 0.1) is 6.10 Å². The molecule has 0 aromatic heterocycles. The lowest BCUT2D eigenvalue weighted by molar-refractivity contribution is 0.244. The van der Waals surface area contributed by atoms with Crippen LogP contribution in [0.3, 0.4) is 0 Å². The van der Waals surface area contributed by atoms with E-state index in [2.05, 4.69) is 15.9 Å². The number of aliphatic hydroxyl groups is 1. The number of rotatable bonds is 2. The molecule has 0 spiro atoms. The lowest BCUT2D eigenvalue weighted by atomic mass is 10.4. The Kier molecular flexibility index (Phi) is 4.45. The average molecular weight is 165 g/mol. The van der Waals surface area contributed by atoms with Gasteiger partial charge in [-0.1, -0.05) is 28.1 Å². The summed E-state index contributed by atoms with van der Waals surface area (Å²) in [4.78, 5) is 0. The largest absolute Gasteiger partial charge is 0.389 e. The smallest absolute Gasteiger partial charge is 0.0693 e. The van der Waals surface area contributed by atoms with Crippen molar-refractivity contribution in [3.63, 3.8) is 0 Å². The fourth-order valence-corrected chi connectivity index (χ4v) is 0.464. The van der Waals surface area contributed by atoms with Gasteiger partial charge < -0.3 is 5.11 Å². The molecule has 1 N–H and O–H groups in total. The van der Waals surface area contributed by atoms with Crippen LogP contribution in [0.1, 0.15) is 6.92 Å². The summed E-state index contributed by atoms with van der Waals surface area (Å²) >= 11 is 3.18. The molecule has 0 amide bonds. The minimum Gasteiger partial charge on any atom is -0.389 e. The Morgan fingerprint density at radius 2 is 2.43 bits per heavy atom. The minimum atomic E-state index is -0.308. The van der Waals surface area contributed by atoms with Crippen molar-refractivity contribution in [3.05, 3.63) is 12.2 Å². The summed E-state index contributed by atoms with van der Waals surface area (Å²) in [6.07, 6.45) is 3.29. The van der Waals surface area contributed by atoms with E-state index in [9.17, 15) is 0 Å². The molecule has 7 heavy (non-hydrogen) atoms. The third kappa shape index (κ3) is 6.18. The second-order valence-corrected chi connectivity index (χ2v) is 1.97. The standard InChI is InChI=1S/C5H9BrO/c1-5(7)3-2-4-6/h2-3,5,7H,4H2,1H3/b3-2+. The Labute approximate surface area is 52.2 Å². The van der Waals surface area contributed by atoms with Crippen molar-refractivity contribution in [1.29, 1.82) is 0 Å². The topological polar surface area (TPSA) is 20.2 Å². The van der Waals surface area contributed by atoms with Gasteiger partial charge in [-0.3, -0.25) is 0 Å². The molecule has 2 heteroatoms. The summed E-state index contributed by atoms with van der Waals surface area (Å²) in [6, 6.07) is 0. The summed E-state index contributed by atoms with van der Waals surface area (Å²) < 4.78 is 0. The van der Waals surface area contributed by atoms with E-state index in [1.807, 2.05) is 6.08 Å². The first-order chi connectivity index (χ1) is 3.27. The van der Waals surface area contributed by atoms with Crippen LogP contribution >= 0.6 is 15.9 Å². The van der Waals surface area contributed by atoms with E-state index in [4.69, 9.17) is 5.11 Å². The van der Waals surface area contributed by atoms with Gasteiger partial charge in [0.1, 0.15) is 0 Å². The van der Waals surface area contributed by atoms with Crippen molar-refractivity contribution >= 4 is 15.9 Å². The molecule has 0 fully saturated rings. The summed E-state index contributed by atoms with van der Waals surface area (Å²) in [5, 5.41) is 9.39. The Balaban J connectivity index is 3.08. The van der Waals surface area contributed by atoms with E-state index >= 15 is 0 Å². The van der Waals surface area contributed by atoms with Gasteiger partial charge in [-0.15, -0.1) is 0 Å². The van der Waals surface area contributed by atoms with Crippen LogP contribution in [0.2, 0.25) is 0 Å². The van der Waals surface area contributed by atoms with Crippen LogP contribution in [0.4, 0.5) is 0 Å². The fourth-order valence-electron chi connectivity index (χ4n) is 0.248. The molecule has 1 atom stereocenters. The SMILES string of the molecule is CC(O)/C=C/CBr. The van der Waals surface area contributed by atoms with Crippen LogP contribution in [0.15, 0.2) is 12.2 Å². The molecule has 0 aromatic carbocycles. The quantitative estimate of drug-likeness (QED) is 0.483. The minimum absolute atomic E-state index is 0.308. The maximum atomic E-state index is 8.58. The average Bonchev–Trinajstić information content (AvgIpc) is 1.61. The predicted molar refractivity (Wildman–Crippen MR) is 34.6 cm³/mol. The fraction of sp³-hybridized carbons (Fsp3) is 0.600. The Bertz CT molecular complexity index is 59.1. The van der Waals surface area contributed by atoms with Crippen LogP contribution < -0.4 is 0 Å². The summed E-state index contributed by atoms with van der Waals surface area (Å²) in [5.41, 5.74) is 0. The highest BCUT2D eigenvalue weighted by molar-refractivity contribution is 9.09. The maximum absolute atomic E-state index is 8.58. The molecule has 0 aliphatic rings. The number of hydrogen-bond acceptors (Lipinski definition) is 1. The van der Waals surface area contributed by atoms with Gasteiger partial charge in [0.2, 0.25) is 0 Å². The highest BCUT2D eigenvalue weighted by Gasteiger charge is 1.80. The summed E-state index contributed by atoms with van der Waals surface area (Å²) in [7, 11) is 0. The van der Waals surface area contributed by atoms with Gasteiger partial charge >= 0.3 is 0 Å². The zero-order chi connectivity index (χ0) is 5.70. The molecule has 0 rings (SSSR count). The molecular weight excluding hydrogens is 156 g/mol. The lowest BCUT2D eigenvalue weighted by Crippen LogP contribution is -1.91. The summed E-state index contributed by atoms with van der Waals surface area (Å²) in [6.45, 7) is 1.72. The van der Waals surface area contributed by atoms with Crippen molar-refractivity contribution in [2.24, 2.45) is 0 Å². The molecule has 0 aromatic rings. The van der Waals surface area contributed by atoms with Crippen LogP contribution in [0, 0.1) is 0 Å². The molecule has 0 heterocycles. The van der Waals surface area contributed by atoms with Gasteiger partial charge in [-0.2, -0.15) is 0 Å². The van der Waals surface area contributed by atoms with Crippen molar-refractivity contribution in [2.45, 2.75) is 13.0 Å². The van der Waals surface area contributed by atoms with E-state index < -0.39 is 0 Å². The van der Waals surface area contributed by atoms with Crippen molar-refractivity contribution in [3.8, 4) is 0 Å². The molecule has 0 saturated heterocycles. The Morgan fingerprint density at radius 1 is 1.86 bits per heavy atom. The Hall–Kier alpha value is 0.180. The van der Waals surface area contributed by atoms with E-state index in [0.717, 1.165) is 5.33 Å². The number of halogens is 1. The van der Waals surface area contributed by atoms with Gasteiger partial charge in [-0.25, -0.2) is 0 Å². The molecule has 42 valence electrons. The molecule has 0 radical (unpaired) electrons. The molecule has 0 bridgehead atoms. The van der Waals surface area contributed by atoms with Crippen molar-refractivity contribution in [1.82, 2.24) is 0 Å². The van der Waals surface area contributed by atoms with E-state index in [1.165, 1.54) is 0 Å². The normalized spacial score (nSPS) is 15.3. The number of aliphatic hydroxyl groups excluding tert-OH is 1. The highest BCUT2D eigenvalue weighted by atomic mass is 79.9.